The van der Waals surface area contributed by atoms with Gasteiger partial charge in [-0.05, 0) is 70.3 Å². The molecule has 0 saturated heterocycles. The molecule has 0 amide bonds. The van der Waals surface area contributed by atoms with Crippen LogP contribution in [0.15, 0.2) is 178 Å². The zero-order valence-corrected chi connectivity index (χ0v) is 28.6. The van der Waals surface area contributed by atoms with Crippen LogP contribution in [0.2, 0.25) is 0 Å². The number of benzene rings is 7. The minimum absolute atomic E-state index is 0.277. The summed E-state index contributed by atoms with van der Waals surface area (Å²) in [6, 6.07) is 57.8. The molecule has 0 bridgehead atoms. The van der Waals surface area contributed by atoms with Crippen LogP contribution in [0.3, 0.4) is 0 Å². The lowest BCUT2D eigenvalue weighted by atomic mass is 9.97. The van der Waals surface area contributed by atoms with Gasteiger partial charge in [0.2, 0.25) is 0 Å². The van der Waals surface area contributed by atoms with Gasteiger partial charge in [0.15, 0.2) is 12.0 Å². The first-order valence-electron chi connectivity index (χ1n) is 17.2. The molecule has 0 aliphatic carbocycles. The minimum Gasteiger partial charge on any atom is -0.456 e. The Morgan fingerprint density at radius 1 is 0.529 bits per heavy atom. The first-order valence-corrected chi connectivity index (χ1v) is 18.0. The summed E-state index contributed by atoms with van der Waals surface area (Å²) < 4.78 is 9.05. The van der Waals surface area contributed by atoms with Crippen molar-refractivity contribution in [1.82, 2.24) is 4.90 Å². The zero-order chi connectivity index (χ0) is 33.9. The van der Waals surface area contributed by atoms with E-state index in [2.05, 4.69) is 158 Å². The molecule has 1 aliphatic rings. The smallest absolute Gasteiger partial charge is 0.160 e. The molecule has 0 N–H and O–H groups in total. The minimum atomic E-state index is -0.277. The van der Waals surface area contributed by atoms with Crippen LogP contribution in [0.4, 0.5) is 0 Å². The topological polar surface area (TPSA) is 41.1 Å². The van der Waals surface area contributed by atoms with Crippen molar-refractivity contribution in [2.24, 2.45) is 9.98 Å². The first-order chi connectivity index (χ1) is 25.2. The van der Waals surface area contributed by atoms with Crippen molar-refractivity contribution in [1.29, 1.82) is 0 Å². The predicted octanol–water partition coefficient (Wildman–Crippen LogP) is 12.1. The Hall–Kier alpha value is -6.30. The van der Waals surface area contributed by atoms with Gasteiger partial charge in [-0.25, -0.2) is 9.98 Å². The Balaban J connectivity index is 1.15. The molecule has 7 aromatic carbocycles. The van der Waals surface area contributed by atoms with E-state index in [1.807, 2.05) is 29.5 Å². The van der Waals surface area contributed by atoms with E-state index < -0.39 is 0 Å². The Kier molecular flexibility index (Phi) is 6.93. The third-order valence-electron chi connectivity index (χ3n) is 9.93. The molecule has 4 nitrogen and oxygen atoms in total. The summed E-state index contributed by atoms with van der Waals surface area (Å²) in [6.07, 6.45) is -0.277. The Morgan fingerprint density at radius 2 is 1.22 bits per heavy atom. The third kappa shape index (κ3) is 5.05. The molecule has 51 heavy (non-hydrogen) atoms. The lowest BCUT2D eigenvalue weighted by Gasteiger charge is -2.32. The highest BCUT2D eigenvalue weighted by molar-refractivity contribution is 7.25. The van der Waals surface area contributed by atoms with Crippen LogP contribution in [-0.4, -0.2) is 23.6 Å². The van der Waals surface area contributed by atoms with Crippen molar-refractivity contribution in [3.63, 3.8) is 0 Å². The van der Waals surface area contributed by atoms with Crippen molar-refractivity contribution >= 4 is 65.1 Å². The average molecular weight is 674 g/mol. The van der Waals surface area contributed by atoms with Crippen LogP contribution in [0.1, 0.15) is 22.9 Å². The molecule has 9 aromatic rings. The second-order valence-corrected chi connectivity index (χ2v) is 14.1. The van der Waals surface area contributed by atoms with Crippen LogP contribution < -0.4 is 0 Å². The monoisotopic (exact) mass is 673 g/mol. The summed E-state index contributed by atoms with van der Waals surface area (Å²) in [6.45, 7) is 0. The fraction of sp³-hybridized carbons (Fsp3) is 0.0435. The maximum Gasteiger partial charge on any atom is 0.160 e. The van der Waals surface area contributed by atoms with Crippen molar-refractivity contribution < 1.29 is 4.42 Å². The summed E-state index contributed by atoms with van der Waals surface area (Å²) in [5, 5.41) is 4.60. The van der Waals surface area contributed by atoms with Crippen molar-refractivity contribution in [2.45, 2.75) is 6.17 Å². The Morgan fingerprint density at radius 3 is 2.06 bits per heavy atom. The number of furan rings is 1. The van der Waals surface area contributed by atoms with Crippen LogP contribution in [0, 0.1) is 0 Å². The number of aliphatic imine (C=N–C) groups is 2. The number of nitrogens with zero attached hydrogens (tertiary/aromatic N) is 3. The molecular formula is C46H31N3OS. The molecule has 0 spiro atoms. The highest BCUT2D eigenvalue weighted by Gasteiger charge is 2.28. The number of fused-ring (bicyclic) bond motifs is 6. The summed E-state index contributed by atoms with van der Waals surface area (Å²) in [4.78, 5) is 12.9. The van der Waals surface area contributed by atoms with Crippen molar-refractivity contribution in [2.75, 3.05) is 7.05 Å². The van der Waals surface area contributed by atoms with Gasteiger partial charge < -0.3 is 9.32 Å². The van der Waals surface area contributed by atoms with E-state index in [0.717, 1.165) is 55.6 Å². The molecule has 0 fully saturated rings. The van der Waals surface area contributed by atoms with E-state index in [9.17, 15) is 0 Å². The standard InChI is InChI=1S/C46H31N3OS/c1-49-45(30-14-6-3-7-15-30)47-44(48-46(49)34-23-25-42-37(28-34)35-18-8-9-21-41(35)51-42)36-19-11-20-40-43(36)38-27-33(22-24-39(38)50-40)32-17-10-16-31(26-32)29-12-4-2-5-13-29/h2-28,46H,1H3. The summed E-state index contributed by atoms with van der Waals surface area (Å²) in [7, 11) is 2.09. The van der Waals surface area contributed by atoms with Crippen LogP contribution >= 0.6 is 11.3 Å². The van der Waals surface area contributed by atoms with E-state index in [0.29, 0.717) is 5.84 Å². The molecular weight excluding hydrogens is 643 g/mol. The van der Waals surface area contributed by atoms with Crippen molar-refractivity contribution in [3.8, 4) is 22.3 Å². The van der Waals surface area contributed by atoms with Gasteiger partial charge in [-0.1, -0.05) is 121 Å². The van der Waals surface area contributed by atoms with E-state index in [-0.39, 0.29) is 6.17 Å². The first kappa shape index (κ1) is 29.6. The SMILES string of the molecule is CN1C(c2ccccc2)=NC(c2cccc3oc4ccc(-c5cccc(-c6ccccc6)c5)cc4c23)=NC1c1ccc2sc3ccccc3c2c1. The normalized spacial score (nSPS) is 14.8. The van der Waals surface area contributed by atoms with Gasteiger partial charge in [-0.15, -0.1) is 11.3 Å². The van der Waals surface area contributed by atoms with E-state index in [1.165, 1.54) is 31.3 Å². The number of thiophene rings is 1. The maximum absolute atomic E-state index is 6.48. The van der Waals surface area contributed by atoms with Gasteiger partial charge >= 0.3 is 0 Å². The van der Waals surface area contributed by atoms with E-state index in [1.54, 1.807) is 0 Å². The highest BCUT2D eigenvalue weighted by atomic mass is 32.1. The molecule has 3 heterocycles. The van der Waals surface area contributed by atoms with Crippen molar-refractivity contribution in [3.05, 3.63) is 180 Å². The quantitative estimate of drug-likeness (QED) is 0.182. The lowest BCUT2D eigenvalue weighted by molar-refractivity contribution is 0.383. The lowest BCUT2D eigenvalue weighted by Crippen LogP contribution is -2.35. The Bertz CT molecular complexity index is 2830. The third-order valence-corrected chi connectivity index (χ3v) is 11.1. The molecule has 1 unspecified atom stereocenters. The summed E-state index contributed by atoms with van der Waals surface area (Å²) in [5.41, 5.74) is 9.46. The number of amidine groups is 2. The highest BCUT2D eigenvalue weighted by Crippen LogP contribution is 2.39. The van der Waals surface area contributed by atoms with Gasteiger partial charge in [-0.2, -0.15) is 0 Å². The fourth-order valence-corrected chi connectivity index (χ4v) is 8.50. The molecule has 1 aliphatic heterocycles. The molecule has 0 saturated carbocycles. The molecule has 1 atom stereocenters. The summed E-state index contributed by atoms with van der Waals surface area (Å²) >= 11 is 1.83. The zero-order valence-electron chi connectivity index (χ0n) is 27.8. The number of rotatable bonds is 5. The Labute approximate surface area is 299 Å². The second-order valence-electron chi connectivity index (χ2n) is 13.0. The van der Waals surface area contributed by atoms with E-state index >= 15 is 0 Å². The van der Waals surface area contributed by atoms with Crippen LogP contribution in [0.5, 0.6) is 0 Å². The predicted molar refractivity (Wildman–Crippen MR) is 214 cm³/mol. The average Bonchev–Trinajstić information content (AvgIpc) is 3.76. The fourth-order valence-electron chi connectivity index (χ4n) is 7.42. The molecule has 0 radical (unpaired) electrons. The maximum atomic E-state index is 6.48. The largest absolute Gasteiger partial charge is 0.456 e. The van der Waals surface area contributed by atoms with Crippen LogP contribution in [-0.2, 0) is 0 Å². The molecule has 2 aromatic heterocycles. The van der Waals surface area contributed by atoms with Crippen LogP contribution in [0.25, 0.3) is 64.4 Å². The second kappa shape index (κ2) is 11.9. The molecule has 10 rings (SSSR count). The van der Waals surface area contributed by atoms with Gasteiger partial charge in [0.25, 0.3) is 0 Å². The molecule has 5 heteroatoms. The van der Waals surface area contributed by atoms with Gasteiger partial charge in [0, 0.05) is 49.1 Å². The van der Waals surface area contributed by atoms with Gasteiger partial charge in [0.1, 0.15) is 17.0 Å². The van der Waals surface area contributed by atoms with Gasteiger partial charge in [0.05, 0.1) is 0 Å². The summed E-state index contributed by atoms with van der Waals surface area (Å²) in [5.74, 6) is 1.57. The molecule has 242 valence electrons. The van der Waals surface area contributed by atoms with E-state index in [4.69, 9.17) is 14.4 Å². The van der Waals surface area contributed by atoms with Gasteiger partial charge in [-0.3, -0.25) is 0 Å². The number of hydrogen-bond acceptors (Lipinski definition) is 5. The number of hydrogen-bond donors (Lipinski definition) is 0.